The molecule has 0 spiro atoms. The SMILES string of the molecule is CC(C)CCN1C(=O)CC(CN)C1C. The number of hydrogen-bond acceptors (Lipinski definition) is 2. The van der Waals surface area contributed by atoms with Gasteiger partial charge >= 0.3 is 0 Å². The molecule has 0 aromatic carbocycles. The van der Waals surface area contributed by atoms with E-state index in [-0.39, 0.29) is 5.91 Å². The fourth-order valence-electron chi connectivity index (χ4n) is 2.00. The minimum Gasteiger partial charge on any atom is -0.340 e. The standard InChI is InChI=1S/C11H22N2O/c1-8(2)4-5-13-9(3)10(7-12)6-11(13)14/h8-10H,4-7,12H2,1-3H3. The van der Waals surface area contributed by atoms with Gasteiger partial charge in [0.25, 0.3) is 0 Å². The van der Waals surface area contributed by atoms with Crippen molar-refractivity contribution >= 4 is 5.91 Å². The van der Waals surface area contributed by atoms with E-state index in [4.69, 9.17) is 5.73 Å². The molecule has 1 rings (SSSR count). The highest BCUT2D eigenvalue weighted by atomic mass is 16.2. The molecule has 1 amide bonds. The second-order valence-electron chi connectivity index (χ2n) is 4.71. The van der Waals surface area contributed by atoms with Crippen LogP contribution in [0.15, 0.2) is 0 Å². The molecule has 2 unspecified atom stereocenters. The number of nitrogens with two attached hydrogens (primary N) is 1. The summed E-state index contributed by atoms with van der Waals surface area (Å²) in [7, 11) is 0. The molecule has 0 aliphatic carbocycles. The van der Waals surface area contributed by atoms with Crippen molar-refractivity contribution in [1.29, 1.82) is 0 Å². The van der Waals surface area contributed by atoms with Gasteiger partial charge in [-0.05, 0) is 25.8 Å². The van der Waals surface area contributed by atoms with Gasteiger partial charge in [-0.1, -0.05) is 13.8 Å². The Labute approximate surface area is 86.6 Å². The van der Waals surface area contributed by atoms with Crippen molar-refractivity contribution in [3.8, 4) is 0 Å². The summed E-state index contributed by atoms with van der Waals surface area (Å²) in [6, 6.07) is 0.339. The minimum absolute atomic E-state index is 0.286. The van der Waals surface area contributed by atoms with Crippen LogP contribution in [0.1, 0.15) is 33.6 Å². The maximum atomic E-state index is 11.6. The molecule has 1 saturated heterocycles. The molecule has 3 nitrogen and oxygen atoms in total. The lowest BCUT2D eigenvalue weighted by atomic mass is 10.0. The Kier molecular flexibility index (Phi) is 3.93. The second-order valence-corrected chi connectivity index (χ2v) is 4.71. The first kappa shape index (κ1) is 11.5. The number of likely N-dealkylation sites (tertiary alicyclic amines) is 1. The number of nitrogens with zero attached hydrogens (tertiary/aromatic N) is 1. The summed E-state index contributed by atoms with van der Waals surface area (Å²) < 4.78 is 0. The zero-order valence-corrected chi connectivity index (χ0v) is 9.49. The first-order chi connectivity index (χ1) is 6.56. The van der Waals surface area contributed by atoms with Crippen molar-refractivity contribution in [3.63, 3.8) is 0 Å². The first-order valence-corrected chi connectivity index (χ1v) is 5.55. The maximum Gasteiger partial charge on any atom is 0.223 e. The summed E-state index contributed by atoms with van der Waals surface area (Å²) in [5.74, 6) is 1.31. The van der Waals surface area contributed by atoms with Crippen molar-refractivity contribution in [2.24, 2.45) is 17.6 Å². The van der Waals surface area contributed by atoms with Gasteiger partial charge in [0.2, 0.25) is 5.91 Å². The lowest BCUT2D eigenvalue weighted by Crippen LogP contribution is -2.35. The molecule has 1 heterocycles. The minimum atomic E-state index is 0.286. The van der Waals surface area contributed by atoms with Gasteiger partial charge in [0.05, 0.1) is 0 Å². The highest BCUT2D eigenvalue weighted by Gasteiger charge is 2.35. The van der Waals surface area contributed by atoms with Crippen molar-refractivity contribution in [1.82, 2.24) is 4.90 Å². The molecule has 0 saturated carbocycles. The molecule has 2 N–H and O–H groups in total. The van der Waals surface area contributed by atoms with Gasteiger partial charge < -0.3 is 10.6 Å². The normalized spacial score (nSPS) is 27.8. The monoisotopic (exact) mass is 198 g/mol. The van der Waals surface area contributed by atoms with Crippen LogP contribution in [0.25, 0.3) is 0 Å². The van der Waals surface area contributed by atoms with Gasteiger partial charge in [-0.3, -0.25) is 4.79 Å². The molecule has 0 aromatic heterocycles. The lowest BCUT2D eigenvalue weighted by Gasteiger charge is -2.24. The third kappa shape index (κ3) is 2.47. The van der Waals surface area contributed by atoms with Crippen molar-refractivity contribution in [3.05, 3.63) is 0 Å². The van der Waals surface area contributed by atoms with Crippen LogP contribution in [0.4, 0.5) is 0 Å². The number of hydrogen-bond donors (Lipinski definition) is 1. The Hall–Kier alpha value is -0.570. The van der Waals surface area contributed by atoms with Crippen LogP contribution >= 0.6 is 0 Å². The predicted molar refractivity (Wildman–Crippen MR) is 57.8 cm³/mol. The van der Waals surface area contributed by atoms with Gasteiger partial charge in [-0.25, -0.2) is 0 Å². The number of rotatable bonds is 4. The Bertz CT molecular complexity index is 203. The molecule has 14 heavy (non-hydrogen) atoms. The Morgan fingerprint density at radius 1 is 1.57 bits per heavy atom. The lowest BCUT2D eigenvalue weighted by molar-refractivity contribution is -0.128. The number of amides is 1. The largest absolute Gasteiger partial charge is 0.340 e. The van der Waals surface area contributed by atoms with Gasteiger partial charge in [0, 0.05) is 24.9 Å². The summed E-state index contributed by atoms with van der Waals surface area (Å²) in [6.45, 7) is 8.01. The highest BCUT2D eigenvalue weighted by molar-refractivity contribution is 5.79. The van der Waals surface area contributed by atoms with Gasteiger partial charge in [0.1, 0.15) is 0 Å². The molecule has 0 aromatic rings. The first-order valence-electron chi connectivity index (χ1n) is 5.55. The average molecular weight is 198 g/mol. The van der Waals surface area contributed by atoms with Crippen molar-refractivity contribution in [2.75, 3.05) is 13.1 Å². The van der Waals surface area contributed by atoms with E-state index in [2.05, 4.69) is 20.8 Å². The molecule has 82 valence electrons. The third-order valence-corrected chi connectivity index (χ3v) is 3.18. The van der Waals surface area contributed by atoms with E-state index in [0.717, 1.165) is 13.0 Å². The molecule has 1 aliphatic rings. The van der Waals surface area contributed by atoms with Crippen molar-refractivity contribution in [2.45, 2.75) is 39.7 Å². The highest BCUT2D eigenvalue weighted by Crippen LogP contribution is 2.24. The van der Waals surface area contributed by atoms with Gasteiger partial charge in [-0.15, -0.1) is 0 Å². The topological polar surface area (TPSA) is 46.3 Å². The Balaban J connectivity index is 2.48. The fourth-order valence-corrected chi connectivity index (χ4v) is 2.00. The number of carbonyl (C=O) groups is 1. The maximum absolute atomic E-state index is 11.6. The average Bonchev–Trinajstić information content (AvgIpc) is 2.39. The van der Waals surface area contributed by atoms with E-state index in [1.54, 1.807) is 0 Å². The molecule has 1 aliphatic heterocycles. The van der Waals surface area contributed by atoms with Crippen LogP contribution in [0, 0.1) is 11.8 Å². The molecule has 0 radical (unpaired) electrons. The zero-order valence-electron chi connectivity index (χ0n) is 9.49. The van der Waals surface area contributed by atoms with Crippen LogP contribution in [-0.2, 0) is 4.79 Å². The summed E-state index contributed by atoms with van der Waals surface area (Å²) in [5.41, 5.74) is 5.63. The molecule has 2 atom stereocenters. The summed E-state index contributed by atoms with van der Waals surface area (Å²) >= 11 is 0. The summed E-state index contributed by atoms with van der Waals surface area (Å²) in [4.78, 5) is 13.6. The van der Waals surface area contributed by atoms with Crippen LogP contribution in [-0.4, -0.2) is 29.9 Å². The van der Waals surface area contributed by atoms with E-state index in [9.17, 15) is 4.79 Å². The smallest absolute Gasteiger partial charge is 0.223 e. The van der Waals surface area contributed by atoms with Crippen LogP contribution in [0.5, 0.6) is 0 Å². The van der Waals surface area contributed by atoms with Gasteiger partial charge in [0.15, 0.2) is 0 Å². The van der Waals surface area contributed by atoms with Crippen molar-refractivity contribution < 1.29 is 4.79 Å². The van der Waals surface area contributed by atoms with Crippen LogP contribution < -0.4 is 5.73 Å². The second kappa shape index (κ2) is 4.78. The molecule has 1 fully saturated rings. The third-order valence-electron chi connectivity index (χ3n) is 3.18. The molecule has 0 bridgehead atoms. The number of carbonyl (C=O) groups excluding carboxylic acids is 1. The fraction of sp³-hybridized carbons (Fsp3) is 0.909. The quantitative estimate of drug-likeness (QED) is 0.738. The Morgan fingerprint density at radius 3 is 2.64 bits per heavy atom. The summed E-state index contributed by atoms with van der Waals surface area (Å²) in [5, 5.41) is 0. The van der Waals surface area contributed by atoms with E-state index in [1.807, 2.05) is 4.90 Å². The van der Waals surface area contributed by atoms with E-state index in [1.165, 1.54) is 0 Å². The Morgan fingerprint density at radius 2 is 2.21 bits per heavy atom. The summed E-state index contributed by atoms with van der Waals surface area (Å²) in [6.07, 6.45) is 1.74. The molecular formula is C11H22N2O. The van der Waals surface area contributed by atoms with E-state index >= 15 is 0 Å². The molecular weight excluding hydrogens is 176 g/mol. The predicted octanol–water partition coefficient (Wildman–Crippen LogP) is 1.23. The van der Waals surface area contributed by atoms with E-state index < -0.39 is 0 Å². The van der Waals surface area contributed by atoms with Crippen LogP contribution in [0.2, 0.25) is 0 Å². The molecule has 3 heteroatoms. The van der Waals surface area contributed by atoms with Gasteiger partial charge in [-0.2, -0.15) is 0 Å². The van der Waals surface area contributed by atoms with Crippen LogP contribution in [0.3, 0.4) is 0 Å². The van der Waals surface area contributed by atoms with E-state index in [0.29, 0.717) is 30.8 Å². The zero-order chi connectivity index (χ0) is 10.7.